The normalized spacial score (nSPS) is 10.8. The molecule has 0 aliphatic rings. The highest BCUT2D eigenvalue weighted by Crippen LogP contribution is 2.18. The number of carbonyl (C=O) groups is 1. The van der Waals surface area contributed by atoms with Gasteiger partial charge >= 0.3 is 11.7 Å². The quantitative estimate of drug-likeness (QED) is 0.279. The third-order valence-electron chi connectivity index (χ3n) is 3.89. The largest absolute Gasteiger partial charge is 0.465 e. The molecule has 0 atom stereocenters. The van der Waals surface area contributed by atoms with Gasteiger partial charge in [-0.1, -0.05) is 30.3 Å². The molecule has 0 spiro atoms. The maximum Gasteiger partial charge on any atom is 0.419 e. The van der Waals surface area contributed by atoms with E-state index in [1.54, 1.807) is 36.4 Å². The van der Waals surface area contributed by atoms with Gasteiger partial charge in [0.05, 0.1) is 23.5 Å². The van der Waals surface area contributed by atoms with Gasteiger partial charge in [-0.25, -0.2) is 4.79 Å². The molecule has 0 fully saturated rings. The first-order chi connectivity index (χ1) is 12.6. The zero-order chi connectivity index (χ0) is 18.5. The summed E-state index contributed by atoms with van der Waals surface area (Å²) in [4.78, 5) is 34.1. The number of nitrogens with zero attached hydrogens (tertiary/aromatic N) is 2. The average molecular weight is 356 g/mol. The van der Waals surface area contributed by atoms with E-state index in [0.29, 0.717) is 29.6 Å². The Morgan fingerprint density at radius 1 is 1.15 bits per heavy atom. The molecule has 0 aliphatic carbocycles. The van der Waals surface area contributed by atoms with Gasteiger partial charge in [0, 0.05) is 18.2 Å². The third kappa shape index (κ3) is 3.80. The summed E-state index contributed by atoms with van der Waals surface area (Å²) in [5, 5.41) is 10.9. The van der Waals surface area contributed by atoms with Crippen molar-refractivity contribution in [2.24, 2.45) is 0 Å². The fraction of sp³-hybridized carbons (Fsp3) is 0.222. The van der Waals surface area contributed by atoms with Crippen molar-refractivity contribution in [3.63, 3.8) is 0 Å². The van der Waals surface area contributed by atoms with E-state index in [1.165, 1.54) is 16.7 Å². The molecule has 134 valence electrons. The van der Waals surface area contributed by atoms with Crippen molar-refractivity contribution in [1.29, 1.82) is 0 Å². The summed E-state index contributed by atoms with van der Waals surface area (Å²) < 4.78 is 11.7. The summed E-state index contributed by atoms with van der Waals surface area (Å²) in [6.07, 6.45) is 0.248. The summed E-state index contributed by atoms with van der Waals surface area (Å²) in [5.74, 6) is -1.01. The molecular formula is C18H16N2O6. The van der Waals surface area contributed by atoms with Gasteiger partial charge in [-0.3, -0.25) is 19.5 Å². The van der Waals surface area contributed by atoms with Crippen LogP contribution in [-0.2, 0) is 22.5 Å². The van der Waals surface area contributed by atoms with Crippen LogP contribution >= 0.6 is 0 Å². The molecule has 0 aliphatic heterocycles. The van der Waals surface area contributed by atoms with Gasteiger partial charge in [0.15, 0.2) is 5.58 Å². The Labute approximate surface area is 147 Å². The number of rotatable bonds is 7. The fourth-order valence-electron chi connectivity index (χ4n) is 2.68. The predicted molar refractivity (Wildman–Crippen MR) is 92.9 cm³/mol. The van der Waals surface area contributed by atoms with Crippen molar-refractivity contribution in [3.8, 4) is 0 Å². The Bertz CT molecular complexity index is 1000. The Balaban J connectivity index is 1.54. The summed E-state index contributed by atoms with van der Waals surface area (Å²) in [6, 6.07) is 13.1. The summed E-state index contributed by atoms with van der Waals surface area (Å²) in [5.41, 5.74) is 1.38. The minimum Gasteiger partial charge on any atom is -0.465 e. The molecule has 2 aromatic carbocycles. The lowest BCUT2D eigenvalue weighted by atomic mass is 10.1. The van der Waals surface area contributed by atoms with Crippen LogP contribution in [-0.4, -0.2) is 22.1 Å². The maximum atomic E-state index is 11.9. The molecule has 0 saturated heterocycles. The lowest BCUT2D eigenvalue weighted by Gasteiger charge is -2.06. The van der Waals surface area contributed by atoms with E-state index in [1.807, 2.05) is 0 Å². The van der Waals surface area contributed by atoms with Crippen LogP contribution in [0.15, 0.2) is 57.7 Å². The molecule has 3 rings (SSSR count). The molecule has 0 bridgehead atoms. The van der Waals surface area contributed by atoms with Crippen LogP contribution in [0.3, 0.4) is 0 Å². The van der Waals surface area contributed by atoms with Crippen molar-refractivity contribution in [2.75, 3.05) is 6.61 Å². The number of carbonyl (C=O) groups excluding carboxylic acids is 1. The smallest absolute Gasteiger partial charge is 0.419 e. The second-order valence-corrected chi connectivity index (χ2v) is 5.62. The molecule has 8 nitrogen and oxygen atoms in total. The topological polar surface area (TPSA) is 105 Å². The zero-order valence-electron chi connectivity index (χ0n) is 13.8. The van der Waals surface area contributed by atoms with Gasteiger partial charge in [-0.05, 0) is 18.6 Å². The molecule has 0 radical (unpaired) electrons. The van der Waals surface area contributed by atoms with E-state index in [9.17, 15) is 19.7 Å². The van der Waals surface area contributed by atoms with E-state index < -0.39 is 16.6 Å². The van der Waals surface area contributed by atoms with E-state index in [4.69, 9.17) is 9.15 Å². The number of benzene rings is 2. The first-order valence-electron chi connectivity index (χ1n) is 8.02. The molecule has 1 heterocycles. The molecule has 0 unspecified atom stereocenters. The summed E-state index contributed by atoms with van der Waals surface area (Å²) in [7, 11) is 0. The Morgan fingerprint density at radius 3 is 2.69 bits per heavy atom. The number of hydrogen-bond acceptors (Lipinski definition) is 6. The number of aromatic nitrogens is 1. The fourth-order valence-corrected chi connectivity index (χ4v) is 2.68. The Kier molecular flexibility index (Phi) is 5.12. The Hall–Kier alpha value is -3.42. The molecule has 3 aromatic rings. The molecule has 0 N–H and O–H groups in total. The van der Waals surface area contributed by atoms with Gasteiger partial charge in [0.2, 0.25) is 0 Å². The van der Waals surface area contributed by atoms with Gasteiger partial charge in [0.25, 0.3) is 5.69 Å². The van der Waals surface area contributed by atoms with Crippen LogP contribution in [0, 0.1) is 10.1 Å². The first kappa shape index (κ1) is 17.4. The second kappa shape index (κ2) is 7.64. The molecular weight excluding hydrogens is 340 g/mol. The van der Waals surface area contributed by atoms with Crippen molar-refractivity contribution in [2.45, 2.75) is 19.4 Å². The highest BCUT2D eigenvalue weighted by atomic mass is 16.6. The number of nitro benzene ring substituents is 1. The minimum atomic E-state index is -0.552. The molecule has 0 amide bonds. The minimum absolute atomic E-state index is 0.103. The van der Waals surface area contributed by atoms with Gasteiger partial charge in [-0.15, -0.1) is 0 Å². The standard InChI is InChI=1S/C18H16N2O6/c21-17(12-13-6-1-2-7-14(13)20(23)24)25-11-5-10-19-15-8-3-4-9-16(15)26-18(19)22/h1-4,6-9H,5,10-12H2. The number of nitro groups is 1. The zero-order valence-corrected chi connectivity index (χ0v) is 13.8. The molecule has 8 heteroatoms. The van der Waals surface area contributed by atoms with Crippen molar-refractivity contribution in [3.05, 3.63) is 74.8 Å². The van der Waals surface area contributed by atoms with Gasteiger partial charge in [0.1, 0.15) is 0 Å². The van der Waals surface area contributed by atoms with E-state index in [-0.39, 0.29) is 18.7 Å². The number of aryl methyl sites for hydroxylation is 1. The molecule has 26 heavy (non-hydrogen) atoms. The van der Waals surface area contributed by atoms with Crippen LogP contribution < -0.4 is 5.76 Å². The van der Waals surface area contributed by atoms with Crippen LogP contribution in [0.25, 0.3) is 11.1 Å². The highest BCUT2D eigenvalue weighted by Gasteiger charge is 2.16. The lowest BCUT2D eigenvalue weighted by Crippen LogP contribution is -2.17. The predicted octanol–water partition coefficient (Wildman–Crippen LogP) is 2.68. The number of fused-ring (bicyclic) bond motifs is 1. The second-order valence-electron chi connectivity index (χ2n) is 5.62. The molecule has 1 aromatic heterocycles. The van der Waals surface area contributed by atoms with Crippen molar-refractivity contribution < 1.29 is 18.9 Å². The SMILES string of the molecule is O=C(Cc1ccccc1[N+](=O)[O-])OCCCn1c(=O)oc2ccccc21. The molecule has 0 saturated carbocycles. The van der Waals surface area contributed by atoms with Crippen molar-refractivity contribution >= 4 is 22.8 Å². The Morgan fingerprint density at radius 2 is 1.88 bits per heavy atom. The maximum absolute atomic E-state index is 11.9. The monoisotopic (exact) mass is 356 g/mol. The van der Waals surface area contributed by atoms with Crippen LogP contribution in [0.2, 0.25) is 0 Å². The van der Waals surface area contributed by atoms with Crippen molar-refractivity contribution in [1.82, 2.24) is 4.57 Å². The van der Waals surface area contributed by atoms with Crippen LogP contribution in [0.4, 0.5) is 5.69 Å². The first-order valence-corrected chi connectivity index (χ1v) is 8.02. The van der Waals surface area contributed by atoms with E-state index in [2.05, 4.69) is 0 Å². The van der Waals surface area contributed by atoms with Gasteiger partial charge in [-0.2, -0.15) is 0 Å². The summed E-state index contributed by atoms with van der Waals surface area (Å²) in [6.45, 7) is 0.444. The highest BCUT2D eigenvalue weighted by molar-refractivity contribution is 5.74. The number of ether oxygens (including phenoxy) is 1. The average Bonchev–Trinajstić information content (AvgIpc) is 2.94. The number of oxazole rings is 1. The van der Waals surface area contributed by atoms with E-state index >= 15 is 0 Å². The van der Waals surface area contributed by atoms with Gasteiger partial charge < -0.3 is 9.15 Å². The lowest BCUT2D eigenvalue weighted by molar-refractivity contribution is -0.385. The van der Waals surface area contributed by atoms with E-state index in [0.717, 1.165) is 0 Å². The number of hydrogen-bond donors (Lipinski definition) is 0. The number of para-hydroxylation sites is 3. The van der Waals surface area contributed by atoms with Crippen LogP contribution in [0.1, 0.15) is 12.0 Å². The van der Waals surface area contributed by atoms with Crippen LogP contribution in [0.5, 0.6) is 0 Å². The summed E-state index contributed by atoms with van der Waals surface area (Å²) >= 11 is 0. The number of esters is 1. The third-order valence-corrected chi connectivity index (χ3v) is 3.89.